The molecule has 2 aliphatic carbocycles. The highest BCUT2D eigenvalue weighted by molar-refractivity contribution is 6.24. The highest BCUT2D eigenvalue weighted by atomic mass is 15.0. The van der Waals surface area contributed by atoms with Gasteiger partial charge in [-0.05, 0) is 250 Å². The lowest BCUT2D eigenvalue weighted by Crippen LogP contribution is -2.25. The molecule has 21 aromatic carbocycles. The number of hydrogen-bond donors (Lipinski definition) is 0. The first-order valence-electron chi connectivity index (χ1n) is 42.4. The van der Waals surface area contributed by atoms with Gasteiger partial charge in [-0.25, -0.2) is 0 Å². The number of aryl methyl sites for hydroxylation is 1. The fourth-order valence-corrected chi connectivity index (χ4v) is 20.9. The molecule has 25 rings (SSSR count). The molecule has 2 heteroatoms. The lowest BCUT2D eigenvalue weighted by Gasteiger charge is -2.30. The van der Waals surface area contributed by atoms with Crippen molar-refractivity contribution in [1.29, 1.82) is 0 Å². The quantitative estimate of drug-likeness (QED) is 0.121. The number of fused-ring (bicyclic) bond motifs is 20. The summed E-state index contributed by atoms with van der Waals surface area (Å²) in [4.78, 5) is 0. The van der Waals surface area contributed by atoms with E-state index in [9.17, 15) is 0 Å². The fourth-order valence-electron chi connectivity index (χ4n) is 20.9. The van der Waals surface area contributed by atoms with Crippen LogP contribution < -0.4 is 0 Å². The van der Waals surface area contributed by atoms with Crippen LogP contribution in [0.3, 0.4) is 0 Å². The average molecular weight is 1550 g/mol. The second-order valence-corrected chi connectivity index (χ2v) is 32.8. The predicted octanol–water partition coefficient (Wildman–Crippen LogP) is 32.2. The maximum atomic E-state index is 2.53. The highest BCUT2D eigenvalue weighted by Gasteiger charge is 2.51. The minimum absolute atomic E-state index is 0.407. The topological polar surface area (TPSA) is 9.86 Å². The third kappa shape index (κ3) is 11.1. The van der Waals surface area contributed by atoms with Crippen molar-refractivity contribution in [2.24, 2.45) is 0 Å². The van der Waals surface area contributed by atoms with Gasteiger partial charge >= 0.3 is 0 Å². The third-order valence-corrected chi connectivity index (χ3v) is 26.3. The second kappa shape index (κ2) is 28.5. The molecular weight excluding hydrogens is 1470 g/mol. The van der Waals surface area contributed by atoms with Crippen LogP contribution in [-0.4, -0.2) is 9.13 Å². The van der Waals surface area contributed by atoms with Gasteiger partial charge in [0, 0.05) is 32.9 Å². The molecule has 23 aromatic rings. The van der Waals surface area contributed by atoms with Crippen LogP contribution in [0.25, 0.3) is 209 Å². The summed E-state index contributed by atoms with van der Waals surface area (Å²) in [5.74, 6) is 0. The number of nitrogens with zero attached hydrogens (tertiary/aromatic N) is 2. The summed E-state index contributed by atoms with van der Waals surface area (Å²) in [5, 5.41) is 15.1. The Bertz CT molecular complexity index is 7950. The molecule has 0 aliphatic heterocycles. The van der Waals surface area contributed by atoms with Gasteiger partial charge in [0.2, 0.25) is 0 Å². The first-order valence-corrected chi connectivity index (χ1v) is 42.4. The first kappa shape index (κ1) is 70.5. The minimum atomic E-state index is -0.407. The number of rotatable bonds is 10. The lowest BCUT2D eigenvalue weighted by molar-refractivity contribution is 0.794. The van der Waals surface area contributed by atoms with Crippen LogP contribution in [0, 0.1) is 6.92 Å². The lowest BCUT2D eigenvalue weighted by atomic mass is 9.70. The zero-order valence-corrected chi connectivity index (χ0v) is 67.2. The Kier molecular flexibility index (Phi) is 16.5. The average Bonchev–Trinajstić information content (AvgIpc) is 1.50. The summed E-state index contributed by atoms with van der Waals surface area (Å²) in [5.41, 5.74) is 38.5. The van der Waals surface area contributed by atoms with Crippen LogP contribution >= 0.6 is 0 Å². The molecule has 2 aliphatic rings. The molecular formula is C120H78N2. The van der Waals surface area contributed by atoms with Gasteiger partial charge in [0.1, 0.15) is 0 Å². The van der Waals surface area contributed by atoms with E-state index in [-0.39, 0.29) is 0 Å². The van der Waals surface area contributed by atoms with E-state index in [0.717, 1.165) is 11.4 Å². The van der Waals surface area contributed by atoms with E-state index in [1.54, 1.807) is 0 Å². The standard InChI is InChI=1S/C69H43N.C51H35N/c1-2-16-44(17-3-1)45-30-32-46(33-31-45)48-37-41-66-60(42-48)55-21-11-15-29-65(55)70(66)50-38-34-47(35-39-50)67-56-22-4-6-24-58(56)68(59-25-7-5-23-57(59)67)49-36-40-54-53-20-10-14-28-63(53)69(64(54)43-49)61-26-12-8-18-51(61)52-19-9-13-27-62(52)69;1-34-19-21-38(22-20-34)50-43-14-5-7-16-45(43)51(46-17-8-6-15-44(46)50)39-27-30-41(31-28-39)52-48-18-10-9-13-42(48)47-33-40(29-32-49(47)52)37-25-23-36(24-26-37)35-11-3-2-4-12-35/h1-43H;2-33H,1H3. The van der Waals surface area contributed by atoms with Gasteiger partial charge < -0.3 is 9.13 Å². The highest BCUT2D eigenvalue weighted by Crippen LogP contribution is 2.64. The van der Waals surface area contributed by atoms with Crippen molar-refractivity contribution in [2.45, 2.75) is 12.3 Å². The van der Waals surface area contributed by atoms with Crippen LogP contribution in [-0.2, 0) is 5.41 Å². The van der Waals surface area contributed by atoms with Crippen molar-refractivity contribution in [1.82, 2.24) is 9.13 Å². The van der Waals surface area contributed by atoms with E-state index in [1.807, 2.05) is 0 Å². The van der Waals surface area contributed by atoms with Gasteiger partial charge in [-0.3, -0.25) is 0 Å². The smallest absolute Gasteiger partial charge is 0.0725 e. The van der Waals surface area contributed by atoms with E-state index in [1.165, 1.54) is 226 Å². The second-order valence-electron chi connectivity index (χ2n) is 32.8. The maximum Gasteiger partial charge on any atom is 0.0725 e. The summed E-state index contributed by atoms with van der Waals surface area (Å²) in [6, 6.07) is 168. The number of aromatic nitrogens is 2. The predicted molar refractivity (Wildman–Crippen MR) is 516 cm³/mol. The maximum absolute atomic E-state index is 2.53. The molecule has 2 heterocycles. The van der Waals surface area contributed by atoms with E-state index >= 15 is 0 Å². The van der Waals surface area contributed by atoms with E-state index < -0.39 is 5.41 Å². The molecule has 0 unspecified atom stereocenters. The zero-order valence-electron chi connectivity index (χ0n) is 67.2. The Balaban J connectivity index is 0.000000144. The molecule has 122 heavy (non-hydrogen) atoms. The molecule has 0 atom stereocenters. The Hall–Kier alpha value is -15.7. The van der Waals surface area contributed by atoms with Crippen LogP contribution in [0.4, 0.5) is 0 Å². The Labute approximate surface area is 708 Å². The SMILES string of the molecule is Cc1ccc(-c2c3ccccc3c(-c3ccc(-n4c5ccccc5c5cc(-c6ccc(-c7ccccc7)cc6)ccc54)cc3)c3ccccc23)cc1.c1ccc(-c2ccc(-c3ccc4c(c3)c3ccccc3n4-c3ccc(-c4c5ccccc5c(-c5ccc6c(c5)C5(c7ccccc7-c7ccccc75)c5ccccc5-6)c5ccccc45)cc3)cc2)cc1. The molecule has 0 saturated heterocycles. The molecule has 0 fully saturated rings. The molecule has 0 N–H and O–H groups in total. The Morgan fingerprint density at radius 3 is 0.762 bits per heavy atom. The monoisotopic (exact) mass is 1550 g/mol. The minimum Gasteiger partial charge on any atom is -0.309 e. The van der Waals surface area contributed by atoms with Gasteiger partial charge in [0.15, 0.2) is 0 Å². The molecule has 0 amide bonds. The summed E-state index contributed by atoms with van der Waals surface area (Å²) in [6.07, 6.45) is 0. The van der Waals surface area contributed by atoms with Crippen molar-refractivity contribution in [3.63, 3.8) is 0 Å². The van der Waals surface area contributed by atoms with Crippen LogP contribution in [0.1, 0.15) is 27.8 Å². The normalized spacial score (nSPS) is 12.4. The van der Waals surface area contributed by atoms with Crippen molar-refractivity contribution < 1.29 is 0 Å². The fraction of sp³-hybridized carbons (Fsp3) is 0.0167. The zero-order chi connectivity index (χ0) is 80.5. The van der Waals surface area contributed by atoms with Crippen molar-refractivity contribution in [3.05, 3.63) is 483 Å². The van der Waals surface area contributed by atoms with Crippen molar-refractivity contribution in [2.75, 3.05) is 0 Å². The molecule has 0 radical (unpaired) electrons. The molecule has 0 saturated carbocycles. The molecule has 2 nitrogen and oxygen atoms in total. The van der Waals surface area contributed by atoms with Gasteiger partial charge in [0.25, 0.3) is 0 Å². The van der Waals surface area contributed by atoms with Gasteiger partial charge in [0.05, 0.1) is 27.5 Å². The summed E-state index contributed by atoms with van der Waals surface area (Å²) in [6.45, 7) is 2.15. The largest absolute Gasteiger partial charge is 0.309 e. The first-order chi connectivity index (χ1) is 60.4. The number of benzene rings is 21. The van der Waals surface area contributed by atoms with Crippen LogP contribution in [0.15, 0.2) is 455 Å². The van der Waals surface area contributed by atoms with E-state index in [2.05, 4.69) is 471 Å². The molecule has 2 aromatic heterocycles. The van der Waals surface area contributed by atoms with Gasteiger partial charge in [-0.2, -0.15) is 0 Å². The summed E-state index contributed by atoms with van der Waals surface area (Å²) >= 11 is 0. The van der Waals surface area contributed by atoms with Gasteiger partial charge in [-0.1, -0.05) is 394 Å². The van der Waals surface area contributed by atoms with Gasteiger partial charge in [-0.15, -0.1) is 0 Å². The molecule has 0 bridgehead atoms. The van der Waals surface area contributed by atoms with E-state index in [0.29, 0.717) is 0 Å². The van der Waals surface area contributed by atoms with Crippen molar-refractivity contribution >= 4 is 86.7 Å². The molecule has 568 valence electrons. The molecule has 1 spiro atoms. The Morgan fingerprint density at radius 2 is 0.402 bits per heavy atom. The number of hydrogen-bond acceptors (Lipinski definition) is 0. The third-order valence-electron chi connectivity index (χ3n) is 26.3. The van der Waals surface area contributed by atoms with E-state index in [4.69, 9.17) is 0 Å². The van der Waals surface area contributed by atoms with Crippen molar-refractivity contribution in [3.8, 4) is 123 Å². The van der Waals surface area contributed by atoms with Crippen LogP contribution in [0.5, 0.6) is 0 Å². The summed E-state index contributed by atoms with van der Waals surface area (Å²) in [7, 11) is 0. The summed E-state index contributed by atoms with van der Waals surface area (Å²) < 4.78 is 4.84. The Morgan fingerprint density at radius 1 is 0.156 bits per heavy atom. The number of para-hydroxylation sites is 2. The van der Waals surface area contributed by atoms with Crippen LogP contribution in [0.2, 0.25) is 0 Å².